The van der Waals surface area contributed by atoms with Gasteiger partial charge in [-0.15, -0.1) is 0 Å². The largest absolute Gasteiger partial charge is 0.487 e. The van der Waals surface area contributed by atoms with Crippen molar-refractivity contribution in [3.8, 4) is 5.75 Å². The van der Waals surface area contributed by atoms with Gasteiger partial charge in [0.2, 0.25) is 5.91 Å². The number of rotatable bonds is 7. The van der Waals surface area contributed by atoms with Gasteiger partial charge in [0.15, 0.2) is 10.9 Å². The van der Waals surface area contributed by atoms with E-state index < -0.39 is 10.8 Å². The minimum atomic E-state index is -0.586. The Bertz CT molecular complexity index is 1100. The molecule has 2 N–H and O–H groups in total. The van der Waals surface area contributed by atoms with Crippen LogP contribution in [0.1, 0.15) is 30.6 Å². The van der Waals surface area contributed by atoms with Crippen molar-refractivity contribution in [2.45, 2.75) is 20.3 Å². The van der Waals surface area contributed by atoms with Crippen molar-refractivity contribution in [1.82, 2.24) is 4.98 Å². The van der Waals surface area contributed by atoms with Crippen molar-refractivity contribution in [2.75, 3.05) is 17.2 Å². The quantitative estimate of drug-likeness (QED) is 0.441. The Morgan fingerprint density at radius 1 is 1.17 bits per heavy atom. The number of carbonyl (C=O) groups excluding carboxylic acids is 2. The van der Waals surface area contributed by atoms with E-state index in [0.717, 1.165) is 4.70 Å². The average molecular weight is 414 g/mol. The van der Waals surface area contributed by atoms with Gasteiger partial charge in [-0.3, -0.25) is 19.7 Å². The van der Waals surface area contributed by atoms with Crippen LogP contribution in [-0.2, 0) is 4.79 Å². The Kier molecular flexibility index (Phi) is 6.03. The molecule has 0 fully saturated rings. The summed E-state index contributed by atoms with van der Waals surface area (Å²) >= 11 is 1.29. The van der Waals surface area contributed by atoms with E-state index in [-0.39, 0.29) is 29.5 Å². The SMILES string of the molecule is CCOc1ccc(C(=O)Nc2ccc3nc(NC(=O)CC)sc3c2)cc1[N+](=O)[O-]. The molecule has 0 radical (unpaired) electrons. The average Bonchev–Trinajstić information content (AvgIpc) is 3.09. The molecule has 150 valence electrons. The first-order chi connectivity index (χ1) is 13.9. The Balaban J connectivity index is 1.81. The summed E-state index contributed by atoms with van der Waals surface area (Å²) in [6.45, 7) is 3.75. The van der Waals surface area contributed by atoms with Crippen LogP contribution in [0.2, 0.25) is 0 Å². The number of thiazole rings is 1. The van der Waals surface area contributed by atoms with E-state index in [1.54, 1.807) is 32.0 Å². The molecule has 0 spiro atoms. The van der Waals surface area contributed by atoms with Crippen molar-refractivity contribution >= 4 is 49.9 Å². The molecule has 0 aliphatic carbocycles. The van der Waals surface area contributed by atoms with Crippen molar-refractivity contribution in [3.05, 3.63) is 52.1 Å². The maximum Gasteiger partial charge on any atom is 0.311 e. The highest BCUT2D eigenvalue weighted by atomic mass is 32.1. The van der Waals surface area contributed by atoms with Gasteiger partial charge in [0.05, 0.1) is 21.7 Å². The lowest BCUT2D eigenvalue weighted by Crippen LogP contribution is -2.12. The fourth-order valence-electron chi connectivity index (χ4n) is 2.55. The van der Waals surface area contributed by atoms with Crippen LogP contribution in [0.25, 0.3) is 10.2 Å². The molecule has 9 nitrogen and oxygen atoms in total. The maximum atomic E-state index is 12.5. The number of ether oxygens (including phenoxy) is 1. The summed E-state index contributed by atoms with van der Waals surface area (Å²) in [4.78, 5) is 39.0. The van der Waals surface area contributed by atoms with Gasteiger partial charge in [0.25, 0.3) is 5.91 Å². The lowest BCUT2D eigenvalue weighted by molar-refractivity contribution is -0.385. The molecule has 1 aromatic heterocycles. The zero-order valence-corrected chi connectivity index (χ0v) is 16.5. The summed E-state index contributed by atoms with van der Waals surface area (Å²) in [6, 6.07) is 9.19. The number of hydrogen-bond acceptors (Lipinski definition) is 7. The molecule has 2 aromatic carbocycles. The lowest BCUT2D eigenvalue weighted by atomic mass is 10.1. The van der Waals surface area contributed by atoms with E-state index in [1.807, 2.05) is 0 Å². The number of nitro groups is 1. The molecule has 3 aromatic rings. The molecule has 2 amide bonds. The number of fused-ring (bicyclic) bond motifs is 1. The second-order valence-electron chi connectivity index (χ2n) is 5.93. The van der Waals surface area contributed by atoms with Crippen LogP contribution in [0.15, 0.2) is 36.4 Å². The third-order valence-electron chi connectivity index (χ3n) is 3.93. The Morgan fingerprint density at radius 3 is 2.66 bits per heavy atom. The van der Waals surface area contributed by atoms with Gasteiger partial charge in [-0.2, -0.15) is 0 Å². The second kappa shape index (κ2) is 8.65. The molecule has 1 heterocycles. The summed E-state index contributed by atoms with van der Waals surface area (Å²) in [5.41, 5.74) is 1.07. The number of aromatic nitrogens is 1. The van der Waals surface area contributed by atoms with E-state index in [4.69, 9.17) is 4.74 Å². The molecule has 0 atom stereocenters. The summed E-state index contributed by atoms with van der Waals surface area (Å²) in [5.74, 6) is -0.504. The van der Waals surface area contributed by atoms with Crippen molar-refractivity contribution in [2.24, 2.45) is 0 Å². The number of nitro benzene ring substituents is 1. The van der Waals surface area contributed by atoms with Crippen molar-refractivity contribution in [1.29, 1.82) is 0 Å². The van der Waals surface area contributed by atoms with Crippen LogP contribution >= 0.6 is 11.3 Å². The van der Waals surface area contributed by atoms with Gasteiger partial charge in [0, 0.05) is 23.7 Å². The predicted octanol–water partition coefficient (Wildman–Crippen LogP) is 4.20. The number of nitrogens with one attached hydrogen (secondary N) is 2. The maximum absolute atomic E-state index is 12.5. The van der Waals surface area contributed by atoms with Gasteiger partial charge in [-0.25, -0.2) is 4.98 Å². The number of benzene rings is 2. The van der Waals surface area contributed by atoms with E-state index in [1.165, 1.54) is 29.5 Å². The molecule has 0 unspecified atom stereocenters. The molecular formula is C19H18N4O5S. The minimum absolute atomic E-state index is 0.113. The predicted molar refractivity (Wildman–Crippen MR) is 111 cm³/mol. The van der Waals surface area contributed by atoms with Gasteiger partial charge < -0.3 is 15.4 Å². The third-order valence-corrected chi connectivity index (χ3v) is 4.87. The first-order valence-electron chi connectivity index (χ1n) is 8.84. The Hall–Kier alpha value is -3.53. The molecule has 10 heteroatoms. The number of anilines is 2. The first kappa shape index (κ1) is 20.2. The van der Waals surface area contributed by atoms with Crippen LogP contribution in [0, 0.1) is 10.1 Å². The molecule has 0 aliphatic heterocycles. The normalized spacial score (nSPS) is 10.6. The topological polar surface area (TPSA) is 123 Å². The van der Waals surface area contributed by atoms with E-state index >= 15 is 0 Å². The summed E-state index contributed by atoms with van der Waals surface area (Å²) < 4.78 is 6.01. The molecule has 0 saturated heterocycles. The third kappa shape index (κ3) is 4.66. The number of nitrogens with zero attached hydrogens (tertiary/aromatic N) is 2. The summed E-state index contributed by atoms with van der Waals surface area (Å²) in [5, 5.41) is 17.1. The molecule has 0 bridgehead atoms. The van der Waals surface area contributed by atoms with Gasteiger partial charge in [-0.1, -0.05) is 18.3 Å². The highest BCUT2D eigenvalue weighted by molar-refractivity contribution is 7.22. The molecule has 0 saturated carbocycles. The zero-order valence-electron chi connectivity index (χ0n) is 15.7. The van der Waals surface area contributed by atoms with Crippen LogP contribution in [0.5, 0.6) is 5.75 Å². The second-order valence-corrected chi connectivity index (χ2v) is 6.96. The lowest BCUT2D eigenvalue weighted by Gasteiger charge is -2.08. The molecule has 29 heavy (non-hydrogen) atoms. The smallest absolute Gasteiger partial charge is 0.311 e. The summed E-state index contributed by atoms with van der Waals surface area (Å²) in [7, 11) is 0. The highest BCUT2D eigenvalue weighted by Gasteiger charge is 2.19. The van der Waals surface area contributed by atoms with E-state index in [0.29, 0.717) is 22.8 Å². The standard InChI is InChI=1S/C19H18N4O5S/c1-3-17(24)22-19-21-13-7-6-12(10-16(13)29-19)20-18(25)11-5-8-15(28-4-2)14(9-11)23(26)27/h5-10H,3-4H2,1-2H3,(H,20,25)(H,21,22,24). The van der Waals surface area contributed by atoms with Crippen LogP contribution in [0.3, 0.4) is 0 Å². The fourth-order valence-corrected chi connectivity index (χ4v) is 3.47. The van der Waals surface area contributed by atoms with Crippen molar-refractivity contribution < 1.29 is 19.2 Å². The molecular weight excluding hydrogens is 396 g/mol. The van der Waals surface area contributed by atoms with Crippen molar-refractivity contribution in [3.63, 3.8) is 0 Å². The Labute approximate surface area is 169 Å². The van der Waals surface area contributed by atoms with Crippen LogP contribution < -0.4 is 15.4 Å². The van der Waals surface area contributed by atoms with Gasteiger partial charge in [0.1, 0.15) is 0 Å². The van der Waals surface area contributed by atoms with Gasteiger partial charge in [-0.05, 0) is 37.3 Å². The zero-order chi connectivity index (χ0) is 21.0. The van der Waals surface area contributed by atoms with Crippen LogP contribution in [-0.4, -0.2) is 28.3 Å². The summed E-state index contributed by atoms with van der Waals surface area (Å²) in [6.07, 6.45) is 0.353. The number of carbonyl (C=O) groups is 2. The highest BCUT2D eigenvalue weighted by Crippen LogP contribution is 2.30. The van der Waals surface area contributed by atoms with E-state index in [2.05, 4.69) is 15.6 Å². The first-order valence-corrected chi connectivity index (χ1v) is 9.66. The van der Waals surface area contributed by atoms with Gasteiger partial charge >= 0.3 is 5.69 Å². The van der Waals surface area contributed by atoms with Crippen LogP contribution in [0.4, 0.5) is 16.5 Å². The number of hydrogen-bond donors (Lipinski definition) is 2. The molecule has 3 rings (SSSR count). The minimum Gasteiger partial charge on any atom is -0.487 e. The number of amides is 2. The fraction of sp³-hybridized carbons (Fsp3) is 0.211. The van der Waals surface area contributed by atoms with E-state index in [9.17, 15) is 19.7 Å². The monoisotopic (exact) mass is 414 g/mol. The molecule has 0 aliphatic rings. The Morgan fingerprint density at radius 2 is 1.97 bits per heavy atom.